The van der Waals surface area contributed by atoms with Crippen LogP contribution in [0.1, 0.15) is 20.3 Å². The molecule has 0 saturated carbocycles. The molecule has 1 fully saturated rings. The van der Waals surface area contributed by atoms with Gasteiger partial charge in [-0.2, -0.15) is 11.8 Å². The number of hydrogen-bond donors (Lipinski definition) is 1. The van der Waals surface area contributed by atoms with Gasteiger partial charge in [0.25, 0.3) is 0 Å². The number of nitrogens with two attached hydrogens (primary N) is 1. The molecule has 0 aromatic carbocycles. The molecule has 1 saturated heterocycles. The molecule has 3 nitrogen and oxygen atoms in total. The third kappa shape index (κ3) is 2.88. The first-order valence-corrected chi connectivity index (χ1v) is 5.74. The van der Waals surface area contributed by atoms with Crippen molar-refractivity contribution in [2.45, 2.75) is 25.8 Å². The van der Waals surface area contributed by atoms with Crippen molar-refractivity contribution >= 4 is 17.7 Å². The summed E-state index contributed by atoms with van der Waals surface area (Å²) in [4.78, 5) is 11.2. The van der Waals surface area contributed by atoms with E-state index in [1.54, 1.807) is 0 Å². The van der Waals surface area contributed by atoms with Crippen molar-refractivity contribution in [3.63, 3.8) is 0 Å². The molecule has 1 heterocycles. The maximum atomic E-state index is 11.2. The highest BCUT2D eigenvalue weighted by Crippen LogP contribution is 2.34. The van der Waals surface area contributed by atoms with Crippen LogP contribution in [0.3, 0.4) is 0 Å². The Morgan fingerprint density at radius 2 is 2.31 bits per heavy atom. The van der Waals surface area contributed by atoms with Crippen molar-refractivity contribution in [3.8, 4) is 0 Å². The highest BCUT2D eigenvalue weighted by molar-refractivity contribution is 8.00. The molecule has 1 atom stereocenters. The molecule has 0 aromatic heterocycles. The molecular weight excluding hydrogens is 186 g/mol. The zero-order valence-electron chi connectivity index (χ0n) is 8.21. The Morgan fingerprint density at radius 3 is 2.69 bits per heavy atom. The van der Waals surface area contributed by atoms with Gasteiger partial charge in [0.2, 0.25) is 0 Å². The van der Waals surface area contributed by atoms with Crippen molar-refractivity contribution < 1.29 is 9.53 Å². The van der Waals surface area contributed by atoms with Gasteiger partial charge >= 0.3 is 5.97 Å². The highest BCUT2D eigenvalue weighted by atomic mass is 32.2. The van der Waals surface area contributed by atoms with Crippen LogP contribution >= 0.6 is 11.8 Å². The van der Waals surface area contributed by atoms with Crippen molar-refractivity contribution in [3.05, 3.63) is 0 Å². The minimum absolute atomic E-state index is 0.176. The molecule has 13 heavy (non-hydrogen) atoms. The first-order valence-electron chi connectivity index (χ1n) is 4.58. The number of hydrogen-bond acceptors (Lipinski definition) is 4. The maximum Gasteiger partial charge on any atom is 0.307 e. The molecule has 1 rings (SSSR count). The molecule has 4 heteroatoms. The summed E-state index contributed by atoms with van der Waals surface area (Å²) in [5.41, 5.74) is 5.66. The Hall–Kier alpha value is -0.220. The first-order chi connectivity index (χ1) is 6.06. The molecule has 0 bridgehead atoms. The minimum atomic E-state index is -0.377. The van der Waals surface area contributed by atoms with E-state index in [4.69, 9.17) is 10.5 Å². The van der Waals surface area contributed by atoms with Crippen LogP contribution in [-0.2, 0) is 9.53 Å². The first kappa shape index (κ1) is 10.9. The number of esters is 1. The Balaban J connectivity index is 2.36. The predicted molar refractivity (Wildman–Crippen MR) is 54.7 cm³/mol. The quantitative estimate of drug-likeness (QED) is 0.693. The van der Waals surface area contributed by atoms with Crippen molar-refractivity contribution in [2.75, 3.05) is 18.1 Å². The lowest BCUT2D eigenvalue weighted by atomic mass is 9.85. The van der Waals surface area contributed by atoms with Gasteiger partial charge in [0.15, 0.2) is 0 Å². The van der Waals surface area contributed by atoms with Gasteiger partial charge < -0.3 is 10.5 Å². The number of thioether (sulfide) groups is 1. The molecule has 76 valence electrons. The molecule has 1 aliphatic rings. The van der Waals surface area contributed by atoms with Crippen LogP contribution in [0.25, 0.3) is 0 Å². The minimum Gasteiger partial charge on any atom is -0.466 e. The predicted octanol–water partition coefficient (Wildman–Crippen LogP) is 1.02. The van der Waals surface area contributed by atoms with E-state index in [0.717, 1.165) is 11.5 Å². The second-order valence-corrected chi connectivity index (χ2v) is 4.80. The second-order valence-electron chi connectivity index (χ2n) is 3.72. The van der Waals surface area contributed by atoms with E-state index in [1.165, 1.54) is 0 Å². The van der Waals surface area contributed by atoms with Crippen molar-refractivity contribution in [1.82, 2.24) is 0 Å². The molecule has 1 unspecified atom stereocenters. The van der Waals surface area contributed by atoms with Crippen molar-refractivity contribution in [2.24, 2.45) is 11.7 Å². The van der Waals surface area contributed by atoms with Gasteiger partial charge in [-0.15, -0.1) is 0 Å². The van der Waals surface area contributed by atoms with Crippen LogP contribution in [0.15, 0.2) is 0 Å². The molecule has 0 spiro atoms. The lowest BCUT2D eigenvalue weighted by Crippen LogP contribution is -2.51. The van der Waals surface area contributed by atoms with Crippen LogP contribution in [0.5, 0.6) is 0 Å². The third-order valence-corrected chi connectivity index (χ3v) is 3.68. The largest absolute Gasteiger partial charge is 0.466 e. The van der Waals surface area contributed by atoms with E-state index >= 15 is 0 Å². The summed E-state index contributed by atoms with van der Waals surface area (Å²) in [6.45, 7) is 4.19. The van der Waals surface area contributed by atoms with E-state index in [0.29, 0.717) is 18.9 Å². The topological polar surface area (TPSA) is 52.3 Å². The maximum absolute atomic E-state index is 11.2. The summed E-state index contributed by atoms with van der Waals surface area (Å²) >= 11 is 1.88. The lowest BCUT2D eigenvalue weighted by Gasteiger charge is -2.38. The Morgan fingerprint density at radius 1 is 1.69 bits per heavy atom. The summed E-state index contributed by atoms with van der Waals surface area (Å²) in [5, 5.41) is 0. The molecule has 1 aliphatic heterocycles. The van der Waals surface area contributed by atoms with Crippen LogP contribution in [0, 0.1) is 5.92 Å². The molecule has 2 N–H and O–H groups in total. The van der Waals surface area contributed by atoms with Gasteiger partial charge in [-0.1, -0.05) is 0 Å². The van der Waals surface area contributed by atoms with Crippen LogP contribution in [-0.4, -0.2) is 29.6 Å². The van der Waals surface area contributed by atoms with E-state index in [9.17, 15) is 4.79 Å². The number of carbonyl (C=O) groups excluding carboxylic acids is 1. The monoisotopic (exact) mass is 203 g/mol. The zero-order valence-corrected chi connectivity index (χ0v) is 9.02. The number of ether oxygens (including phenoxy) is 1. The summed E-state index contributed by atoms with van der Waals surface area (Å²) in [6.07, 6.45) is 0.339. The van der Waals surface area contributed by atoms with Gasteiger partial charge in [-0.3, -0.25) is 4.79 Å². The number of carbonyl (C=O) groups is 1. The van der Waals surface area contributed by atoms with E-state index in [-0.39, 0.29) is 11.5 Å². The van der Waals surface area contributed by atoms with Crippen molar-refractivity contribution in [1.29, 1.82) is 0 Å². The van der Waals surface area contributed by atoms with Gasteiger partial charge in [0, 0.05) is 5.54 Å². The summed E-state index contributed by atoms with van der Waals surface area (Å²) in [6, 6.07) is 0. The number of rotatable bonds is 4. The van der Waals surface area contributed by atoms with Gasteiger partial charge in [-0.05, 0) is 31.3 Å². The average molecular weight is 203 g/mol. The van der Waals surface area contributed by atoms with Gasteiger partial charge in [-0.25, -0.2) is 0 Å². The van der Waals surface area contributed by atoms with Gasteiger partial charge in [0.05, 0.1) is 13.0 Å². The highest BCUT2D eigenvalue weighted by Gasteiger charge is 2.37. The summed E-state index contributed by atoms with van der Waals surface area (Å²) in [5.74, 6) is 2.45. The standard InChI is InChI=1S/C9H17NO2S/c1-3-12-8(11)4-9(2,10)7-5-13-6-7/h7H,3-6,10H2,1-2H3. The van der Waals surface area contributed by atoms with E-state index in [2.05, 4.69) is 0 Å². The molecule has 0 aromatic rings. The summed E-state index contributed by atoms with van der Waals surface area (Å²) < 4.78 is 4.87. The molecule has 0 radical (unpaired) electrons. The lowest BCUT2D eigenvalue weighted by molar-refractivity contribution is -0.144. The fourth-order valence-corrected chi connectivity index (χ4v) is 2.52. The SMILES string of the molecule is CCOC(=O)CC(C)(N)C1CSC1. The van der Waals surface area contributed by atoms with Crippen LogP contribution in [0.4, 0.5) is 0 Å². The van der Waals surface area contributed by atoms with Gasteiger partial charge in [0.1, 0.15) is 0 Å². The van der Waals surface area contributed by atoms with Crippen LogP contribution < -0.4 is 5.73 Å². The van der Waals surface area contributed by atoms with Crippen LogP contribution in [0.2, 0.25) is 0 Å². The Kier molecular flexibility index (Phi) is 3.62. The normalized spacial score (nSPS) is 21.8. The Bertz CT molecular complexity index is 190. The smallest absolute Gasteiger partial charge is 0.307 e. The fraction of sp³-hybridized carbons (Fsp3) is 0.889. The molecule has 0 amide bonds. The summed E-state index contributed by atoms with van der Waals surface area (Å²) in [7, 11) is 0. The molecule has 0 aliphatic carbocycles. The van der Waals surface area contributed by atoms with E-state index in [1.807, 2.05) is 25.6 Å². The Labute approximate surface area is 83.4 Å². The van der Waals surface area contributed by atoms with E-state index < -0.39 is 0 Å². The fourth-order valence-electron chi connectivity index (χ4n) is 1.28. The second kappa shape index (κ2) is 4.33. The molecular formula is C9H17NO2S. The zero-order chi connectivity index (χ0) is 9.90. The third-order valence-electron chi connectivity index (χ3n) is 2.40. The average Bonchev–Trinajstić information content (AvgIpc) is 1.79.